The maximum Gasteiger partial charge on any atom is 0.216 e. The highest BCUT2D eigenvalue weighted by atomic mass is 35.5. The molecule has 1 atom stereocenters. The first-order valence-corrected chi connectivity index (χ1v) is 9.50. The lowest BCUT2D eigenvalue weighted by Gasteiger charge is -2.13. The third-order valence-corrected chi connectivity index (χ3v) is 5.71. The van der Waals surface area contributed by atoms with E-state index in [4.69, 9.17) is 23.2 Å². The zero-order valence-electron chi connectivity index (χ0n) is 14.0. The van der Waals surface area contributed by atoms with Crippen LogP contribution < -0.4 is 5.32 Å². The van der Waals surface area contributed by atoms with Gasteiger partial charge >= 0.3 is 0 Å². The Kier molecular flexibility index (Phi) is 7.36. The van der Waals surface area contributed by atoms with Crippen molar-refractivity contribution in [3.05, 3.63) is 63.6 Å². The quantitative estimate of drug-likeness (QED) is 0.527. The van der Waals surface area contributed by atoms with Gasteiger partial charge in [0.15, 0.2) is 5.78 Å². The molecule has 2 aromatic rings. The Labute approximate surface area is 162 Å². The number of thioether (sulfide) groups is 1. The number of hydrogen-bond donors (Lipinski definition) is 1. The summed E-state index contributed by atoms with van der Waals surface area (Å²) in [6, 6.07) is 12.8. The van der Waals surface area contributed by atoms with E-state index in [0.717, 1.165) is 16.9 Å². The maximum absolute atomic E-state index is 12.6. The Hall–Kier alpha value is -1.49. The first-order valence-electron chi connectivity index (χ1n) is 7.86. The Balaban J connectivity index is 2.01. The van der Waals surface area contributed by atoms with Crippen LogP contribution >= 0.6 is 35.0 Å². The van der Waals surface area contributed by atoms with Gasteiger partial charge in [0.2, 0.25) is 5.91 Å². The van der Waals surface area contributed by atoms with E-state index in [1.54, 1.807) is 18.2 Å². The van der Waals surface area contributed by atoms with Crippen molar-refractivity contribution in [3.63, 3.8) is 0 Å². The standard InChI is InChI=1S/C19H19Cl2NO2S/c1-12(25-19-16(20)4-3-5-17(19)21)18(24)15-8-6-14(7-9-15)10-11-22-13(2)23/h3-9,12H,10-11H2,1-2H3,(H,22,23). The number of nitrogens with one attached hydrogen (secondary N) is 1. The van der Waals surface area contributed by atoms with Gasteiger partial charge in [-0.15, -0.1) is 11.8 Å². The predicted octanol–water partition coefficient (Wildman–Crippen LogP) is 5.04. The molecule has 3 nitrogen and oxygen atoms in total. The molecule has 0 saturated heterocycles. The van der Waals surface area contributed by atoms with Crippen molar-refractivity contribution >= 4 is 46.7 Å². The third kappa shape index (κ3) is 5.77. The average molecular weight is 396 g/mol. The summed E-state index contributed by atoms with van der Waals surface area (Å²) in [5.74, 6) is -0.0229. The second-order valence-electron chi connectivity index (χ2n) is 5.60. The summed E-state index contributed by atoms with van der Waals surface area (Å²) < 4.78 is 0. The van der Waals surface area contributed by atoms with Crippen molar-refractivity contribution in [2.75, 3.05) is 6.54 Å². The van der Waals surface area contributed by atoms with Gasteiger partial charge in [0.25, 0.3) is 0 Å². The summed E-state index contributed by atoms with van der Waals surface area (Å²) in [6.07, 6.45) is 0.730. The number of Topliss-reactive ketones (excluding diaryl/α,β-unsaturated/α-hetero) is 1. The minimum atomic E-state index is -0.303. The molecule has 132 valence electrons. The maximum atomic E-state index is 12.6. The van der Waals surface area contributed by atoms with E-state index in [1.807, 2.05) is 31.2 Å². The molecule has 0 fully saturated rings. The average Bonchev–Trinajstić information content (AvgIpc) is 2.58. The van der Waals surface area contributed by atoms with Gasteiger partial charge in [-0.2, -0.15) is 0 Å². The number of amides is 1. The number of rotatable bonds is 7. The van der Waals surface area contributed by atoms with Crippen LogP contribution in [0.2, 0.25) is 10.0 Å². The smallest absolute Gasteiger partial charge is 0.216 e. The van der Waals surface area contributed by atoms with Gasteiger partial charge in [0, 0.05) is 23.9 Å². The van der Waals surface area contributed by atoms with Crippen LogP contribution in [0.15, 0.2) is 47.4 Å². The molecule has 2 aromatic carbocycles. The fraction of sp³-hybridized carbons (Fsp3) is 0.263. The molecule has 0 aromatic heterocycles. The van der Waals surface area contributed by atoms with Crippen molar-refractivity contribution in [2.24, 2.45) is 0 Å². The molecule has 0 bridgehead atoms. The number of halogens is 2. The molecule has 2 rings (SSSR count). The van der Waals surface area contributed by atoms with Crippen LogP contribution in [0.5, 0.6) is 0 Å². The molecule has 1 unspecified atom stereocenters. The first-order chi connectivity index (χ1) is 11.9. The molecule has 6 heteroatoms. The van der Waals surface area contributed by atoms with Crippen molar-refractivity contribution < 1.29 is 9.59 Å². The highest BCUT2D eigenvalue weighted by Crippen LogP contribution is 2.37. The highest BCUT2D eigenvalue weighted by Gasteiger charge is 2.19. The van der Waals surface area contributed by atoms with Crippen LogP contribution in [0, 0.1) is 0 Å². The van der Waals surface area contributed by atoms with Crippen LogP contribution in [0.3, 0.4) is 0 Å². The molecular formula is C19H19Cl2NO2S. The van der Waals surface area contributed by atoms with Gasteiger partial charge in [-0.3, -0.25) is 9.59 Å². The summed E-state index contributed by atoms with van der Waals surface area (Å²) in [5, 5.41) is 3.54. The fourth-order valence-corrected chi connectivity index (χ4v) is 3.90. The Morgan fingerprint density at radius 3 is 2.24 bits per heavy atom. The molecule has 1 N–H and O–H groups in total. The topological polar surface area (TPSA) is 46.2 Å². The van der Waals surface area contributed by atoms with Crippen LogP contribution in [0.1, 0.15) is 29.8 Å². The van der Waals surface area contributed by atoms with E-state index in [9.17, 15) is 9.59 Å². The van der Waals surface area contributed by atoms with Crippen LogP contribution in [0.25, 0.3) is 0 Å². The number of benzene rings is 2. The largest absolute Gasteiger partial charge is 0.356 e. The van der Waals surface area contributed by atoms with Gasteiger partial charge in [-0.05, 0) is 31.0 Å². The van der Waals surface area contributed by atoms with E-state index in [2.05, 4.69) is 5.32 Å². The van der Waals surface area contributed by atoms with Crippen molar-refractivity contribution in [3.8, 4) is 0 Å². The zero-order chi connectivity index (χ0) is 18.4. The van der Waals surface area contributed by atoms with Gasteiger partial charge in [0.1, 0.15) is 0 Å². The van der Waals surface area contributed by atoms with E-state index in [1.165, 1.54) is 18.7 Å². The molecule has 0 aliphatic heterocycles. The molecule has 0 aliphatic rings. The molecule has 0 saturated carbocycles. The highest BCUT2D eigenvalue weighted by molar-refractivity contribution is 8.00. The Bertz CT molecular complexity index is 742. The molecule has 0 aliphatic carbocycles. The summed E-state index contributed by atoms with van der Waals surface area (Å²) in [4.78, 5) is 24.2. The number of carbonyl (C=O) groups is 2. The van der Waals surface area contributed by atoms with E-state index < -0.39 is 0 Å². The fourth-order valence-electron chi connectivity index (χ4n) is 2.28. The van der Waals surface area contributed by atoms with Crippen LogP contribution in [-0.2, 0) is 11.2 Å². The minimum Gasteiger partial charge on any atom is -0.356 e. The second-order valence-corrected chi connectivity index (χ2v) is 7.77. The van der Waals surface area contributed by atoms with Gasteiger partial charge in [-0.25, -0.2) is 0 Å². The molecule has 1 amide bonds. The predicted molar refractivity (Wildman–Crippen MR) is 105 cm³/mol. The molecule has 0 heterocycles. The van der Waals surface area contributed by atoms with E-state index >= 15 is 0 Å². The Morgan fingerprint density at radius 1 is 1.08 bits per heavy atom. The minimum absolute atomic E-state index is 0.0226. The van der Waals surface area contributed by atoms with Crippen LogP contribution in [0.4, 0.5) is 0 Å². The van der Waals surface area contributed by atoms with Crippen LogP contribution in [-0.4, -0.2) is 23.5 Å². The first kappa shape index (κ1) is 19.8. The summed E-state index contributed by atoms with van der Waals surface area (Å²) in [7, 11) is 0. The monoisotopic (exact) mass is 395 g/mol. The van der Waals surface area contributed by atoms with Gasteiger partial charge in [-0.1, -0.05) is 53.5 Å². The lowest BCUT2D eigenvalue weighted by molar-refractivity contribution is -0.118. The lowest BCUT2D eigenvalue weighted by Crippen LogP contribution is -2.22. The van der Waals surface area contributed by atoms with E-state index in [-0.39, 0.29) is 16.9 Å². The van der Waals surface area contributed by atoms with Crippen molar-refractivity contribution in [1.82, 2.24) is 5.32 Å². The van der Waals surface area contributed by atoms with Gasteiger partial charge < -0.3 is 5.32 Å². The Morgan fingerprint density at radius 2 is 1.68 bits per heavy atom. The number of hydrogen-bond acceptors (Lipinski definition) is 3. The summed E-state index contributed by atoms with van der Waals surface area (Å²) >= 11 is 13.7. The van der Waals surface area contributed by atoms with E-state index in [0.29, 0.717) is 22.2 Å². The normalized spacial score (nSPS) is 11.8. The summed E-state index contributed by atoms with van der Waals surface area (Å²) in [5.41, 5.74) is 1.71. The van der Waals surface area contributed by atoms with Crippen molar-refractivity contribution in [1.29, 1.82) is 0 Å². The number of carbonyl (C=O) groups excluding carboxylic acids is 2. The molecule has 0 radical (unpaired) electrons. The lowest BCUT2D eigenvalue weighted by atomic mass is 10.0. The molecule has 25 heavy (non-hydrogen) atoms. The zero-order valence-corrected chi connectivity index (χ0v) is 16.3. The number of ketones is 1. The molecular weight excluding hydrogens is 377 g/mol. The SMILES string of the molecule is CC(=O)NCCc1ccc(C(=O)C(C)Sc2c(Cl)cccc2Cl)cc1. The van der Waals surface area contributed by atoms with Crippen molar-refractivity contribution in [2.45, 2.75) is 30.4 Å². The second kappa shape index (κ2) is 9.27. The molecule has 0 spiro atoms. The van der Waals surface area contributed by atoms with Gasteiger partial charge in [0.05, 0.1) is 15.3 Å². The summed E-state index contributed by atoms with van der Waals surface area (Å²) in [6.45, 7) is 3.92. The third-order valence-electron chi connectivity index (χ3n) is 3.61.